The second-order valence-electron chi connectivity index (χ2n) is 5.63. The van der Waals surface area contributed by atoms with Gasteiger partial charge in [-0.2, -0.15) is 0 Å². The topological polar surface area (TPSA) is 109 Å². The molecule has 0 unspecified atom stereocenters. The molecule has 3 aromatic carbocycles. The third-order valence-electron chi connectivity index (χ3n) is 4.01. The van der Waals surface area contributed by atoms with Crippen LogP contribution in [-0.4, -0.2) is 17.5 Å². The molecule has 0 aliphatic heterocycles. The Morgan fingerprint density at radius 2 is 1.62 bits per heavy atom. The number of benzene rings is 3. The molecule has 26 heavy (non-hydrogen) atoms. The Labute approximate surface area is 163 Å². The molecule has 3 aromatic rings. The molecule has 1 radical (unpaired) electrons. The smallest absolute Gasteiger partial charge is 0.0242 e. The number of carboxylic acids is 1. The van der Waals surface area contributed by atoms with Crippen LogP contribution in [0, 0.1) is 0 Å². The first-order chi connectivity index (χ1) is 11.6. The molecule has 0 aromatic heterocycles. The summed E-state index contributed by atoms with van der Waals surface area (Å²) in [4.78, 5) is 11.4. The summed E-state index contributed by atoms with van der Waals surface area (Å²) < 4.78 is 0. The zero-order chi connectivity index (χ0) is 16.9. The predicted molar refractivity (Wildman–Crippen MR) is 93.0 cm³/mol. The molecule has 0 aliphatic carbocycles. The van der Waals surface area contributed by atoms with Gasteiger partial charge in [-0.15, -0.1) is 12.3 Å². The summed E-state index contributed by atoms with van der Waals surface area (Å²) >= 11 is 0. The van der Waals surface area contributed by atoms with Crippen LogP contribution >= 0.6 is 0 Å². The first-order valence-electron chi connectivity index (χ1n) is 7.74. The number of carbonyl (C=O) groups excluding carboxylic acids is 1. The quantitative estimate of drug-likeness (QED) is 0.636. The molecule has 0 aliphatic rings. The Morgan fingerprint density at radius 3 is 2.31 bits per heavy atom. The third-order valence-corrected chi connectivity index (χ3v) is 4.01. The molecule has 0 bridgehead atoms. The maximum Gasteiger partial charge on any atom is 0.0242 e. The van der Waals surface area contributed by atoms with Crippen molar-refractivity contribution in [3.63, 3.8) is 0 Å². The van der Waals surface area contributed by atoms with Crippen LogP contribution in [0.1, 0.15) is 11.1 Å². The van der Waals surface area contributed by atoms with Crippen LogP contribution in [0.2, 0.25) is 0 Å². The van der Waals surface area contributed by atoms with Gasteiger partial charge < -0.3 is 25.8 Å². The monoisotopic (exact) mass is 387 g/mol. The minimum Gasteiger partial charge on any atom is -0.872 e. The van der Waals surface area contributed by atoms with Crippen molar-refractivity contribution in [2.45, 2.75) is 19.0 Å². The molecule has 0 saturated carbocycles. The minimum absolute atomic E-state index is 0. The van der Waals surface area contributed by atoms with Crippen LogP contribution in [0.15, 0.2) is 66.7 Å². The molecular formula is C20H18NO4V-3. The van der Waals surface area contributed by atoms with Crippen LogP contribution in [0.25, 0.3) is 16.1 Å². The van der Waals surface area contributed by atoms with E-state index in [1.54, 1.807) is 6.07 Å². The van der Waals surface area contributed by atoms with Crippen molar-refractivity contribution in [1.29, 1.82) is 0 Å². The van der Waals surface area contributed by atoms with Gasteiger partial charge >= 0.3 is 0 Å². The zero-order valence-electron chi connectivity index (χ0n) is 14.0. The van der Waals surface area contributed by atoms with Crippen molar-refractivity contribution in [3.8, 4) is 5.75 Å². The fourth-order valence-electron chi connectivity index (χ4n) is 2.74. The number of aliphatic carboxylic acids is 1. The van der Waals surface area contributed by atoms with Crippen LogP contribution in [0.5, 0.6) is 5.75 Å². The summed E-state index contributed by atoms with van der Waals surface area (Å²) in [5.41, 5.74) is 1.39. The van der Waals surface area contributed by atoms with Crippen molar-refractivity contribution < 1.29 is 39.0 Å². The first-order valence-corrected chi connectivity index (χ1v) is 7.74. The van der Waals surface area contributed by atoms with Gasteiger partial charge in [0.15, 0.2) is 0 Å². The number of rotatable bonds is 6. The molecule has 3 rings (SSSR count). The standard InChI is InChI=1S/C20H18NO3.H2O.V/c22-19-11-10-15-8-4-5-9-16(15)17(19)13-21-18(20(23)24)12-14-6-2-1-3-7-14;;/h1-11,18,22H,12-13H2,(H,23,24);1H2;/q-1;;/p-2/t18-;;/m0../s1. The Hall–Kier alpha value is -2.31. The average Bonchev–Trinajstić information content (AvgIpc) is 2.60. The van der Waals surface area contributed by atoms with E-state index in [0.29, 0.717) is 5.56 Å². The van der Waals surface area contributed by atoms with E-state index in [9.17, 15) is 15.0 Å². The normalized spacial score (nSPS) is 11.2. The predicted octanol–water partition coefficient (Wildman–Crippen LogP) is 1.32. The number of hydrogen-bond acceptors (Lipinski definition) is 3. The number of nitrogens with zero attached hydrogens (tertiary/aromatic N) is 1. The van der Waals surface area contributed by atoms with Crippen molar-refractivity contribution in [2.24, 2.45) is 0 Å². The first kappa shape index (κ1) is 21.7. The van der Waals surface area contributed by atoms with Gasteiger partial charge in [-0.3, -0.25) is 0 Å². The molecule has 0 saturated heterocycles. The van der Waals surface area contributed by atoms with Gasteiger partial charge in [0.1, 0.15) is 0 Å². The molecule has 6 heteroatoms. The summed E-state index contributed by atoms with van der Waals surface area (Å²) in [5, 5.41) is 29.5. The van der Waals surface area contributed by atoms with Gasteiger partial charge in [0.25, 0.3) is 0 Å². The van der Waals surface area contributed by atoms with E-state index < -0.39 is 12.0 Å². The van der Waals surface area contributed by atoms with Gasteiger partial charge in [0.05, 0.1) is 0 Å². The number of carboxylic acid groups (broad SMARTS) is 1. The third kappa shape index (κ3) is 5.10. The summed E-state index contributed by atoms with van der Waals surface area (Å²) in [6.45, 7) is 0.0612. The Bertz CT molecular complexity index is 855. The van der Waals surface area contributed by atoms with Gasteiger partial charge in [-0.25, -0.2) is 0 Å². The molecule has 135 valence electrons. The van der Waals surface area contributed by atoms with Gasteiger partial charge in [0.2, 0.25) is 0 Å². The van der Waals surface area contributed by atoms with E-state index in [2.05, 4.69) is 5.32 Å². The van der Waals surface area contributed by atoms with E-state index in [-0.39, 0.29) is 42.7 Å². The van der Waals surface area contributed by atoms with Crippen LogP contribution in [0.3, 0.4) is 0 Å². The fraction of sp³-hybridized carbons (Fsp3) is 0.150. The average molecular weight is 387 g/mol. The van der Waals surface area contributed by atoms with Crippen molar-refractivity contribution in [1.82, 2.24) is 0 Å². The van der Waals surface area contributed by atoms with Gasteiger partial charge in [-0.1, -0.05) is 78.3 Å². The molecule has 0 spiro atoms. The SMILES string of the molecule is O.O=C([O-])[C@H](Cc1ccccc1)[N-]Cc1c([O-])ccc2ccccc12.[V]. The van der Waals surface area contributed by atoms with E-state index >= 15 is 0 Å². The van der Waals surface area contributed by atoms with Gasteiger partial charge in [0, 0.05) is 24.5 Å². The molecule has 1 atom stereocenters. The van der Waals surface area contributed by atoms with Crippen molar-refractivity contribution in [3.05, 3.63) is 83.2 Å². The minimum atomic E-state index is -1.23. The molecular weight excluding hydrogens is 369 g/mol. The molecule has 5 nitrogen and oxygen atoms in total. The maximum atomic E-state index is 12.2. The number of hydrogen-bond donors (Lipinski definition) is 0. The van der Waals surface area contributed by atoms with E-state index in [4.69, 9.17) is 0 Å². The van der Waals surface area contributed by atoms with Crippen molar-refractivity contribution >= 4 is 16.7 Å². The molecule has 2 N–H and O–H groups in total. The molecule has 0 heterocycles. The molecule has 0 amide bonds. The van der Waals surface area contributed by atoms with Crippen LogP contribution in [0.4, 0.5) is 0 Å². The van der Waals surface area contributed by atoms with Crippen LogP contribution < -0.4 is 10.2 Å². The second kappa shape index (κ2) is 9.99. The van der Waals surface area contributed by atoms with E-state index in [0.717, 1.165) is 16.3 Å². The summed E-state index contributed by atoms with van der Waals surface area (Å²) in [7, 11) is 0. The Morgan fingerprint density at radius 1 is 0.962 bits per heavy atom. The van der Waals surface area contributed by atoms with Gasteiger partial charge in [-0.05, 0) is 22.8 Å². The Kier molecular flexibility index (Phi) is 8.35. The number of fused-ring (bicyclic) bond motifs is 1. The van der Waals surface area contributed by atoms with E-state index in [1.165, 1.54) is 6.07 Å². The van der Waals surface area contributed by atoms with Crippen molar-refractivity contribution in [2.75, 3.05) is 0 Å². The van der Waals surface area contributed by atoms with Crippen LogP contribution in [-0.2, 0) is 36.3 Å². The second-order valence-corrected chi connectivity index (χ2v) is 5.63. The summed E-state index contributed by atoms with van der Waals surface area (Å²) in [5.74, 6) is -1.36. The Balaban J connectivity index is 0.00000169. The molecule has 0 fully saturated rings. The maximum absolute atomic E-state index is 12.2. The summed E-state index contributed by atoms with van der Waals surface area (Å²) in [6, 6.07) is 19.1. The largest absolute Gasteiger partial charge is 0.872 e. The fourth-order valence-corrected chi connectivity index (χ4v) is 2.74. The number of carbonyl (C=O) groups is 1. The summed E-state index contributed by atoms with van der Waals surface area (Å²) in [6.07, 6.45) is 0.252. The van der Waals surface area contributed by atoms with E-state index in [1.807, 2.05) is 54.6 Å². The zero-order valence-corrected chi connectivity index (χ0v) is 15.4.